The lowest BCUT2D eigenvalue weighted by Gasteiger charge is -2.27. The molecule has 32 heavy (non-hydrogen) atoms. The van der Waals surface area contributed by atoms with E-state index in [1.165, 1.54) is 0 Å². The summed E-state index contributed by atoms with van der Waals surface area (Å²) in [6.45, 7) is 9.83. The minimum absolute atomic E-state index is 0.234. The number of hydrogen-bond donors (Lipinski definition) is 1. The maximum Gasteiger partial charge on any atom is 0.280 e. The lowest BCUT2D eigenvalue weighted by Crippen LogP contribution is -2.46. The number of carbonyl (C=O) groups is 1. The molecular formula is C25H29N5O2. The molecule has 7 heteroatoms. The van der Waals surface area contributed by atoms with Gasteiger partial charge in [0.15, 0.2) is 5.52 Å². The summed E-state index contributed by atoms with van der Waals surface area (Å²) in [6.07, 6.45) is 1.48. The predicted octanol–water partition coefficient (Wildman–Crippen LogP) is 3.81. The molecule has 2 heterocycles. The largest absolute Gasteiger partial charge is 0.349 e. The van der Waals surface area contributed by atoms with E-state index >= 15 is 0 Å². The van der Waals surface area contributed by atoms with Crippen molar-refractivity contribution in [1.82, 2.24) is 24.7 Å². The first-order valence-corrected chi connectivity index (χ1v) is 11.0. The van der Waals surface area contributed by atoms with Crippen LogP contribution >= 0.6 is 0 Å². The van der Waals surface area contributed by atoms with Crippen molar-refractivity contribution in [2.75, 3.05) is 0 Å². The summed E-state index contributed by atoms with van der Waals surface area (Å²) >= 11 is 0. The zero-order valence-electron chi connectivity index (χ0n) is 19.2. The Kier molecular flexibility index (Phi) is 5.59. The van der Waals surface area contributed by atoms with Crippen molar-refractivity contribution in [3.63, 3.8) is 0 Å². The smallest absolute Gasteiger partial charge is 0.280 e. The molecule has 0 aliphatic heterocycles. The van der Waals surface area contributed by atoms with Gasteiger partial charge < -0.3 is 5.32 Å². The van der Waals surface area contributed by atoms with Crippen molar-refractivity contribution in [1.29, 1.82) is 0 Å². The molecule has 0 aliphatic carbocycles. The molecule has 0 saturated heterocycles. The van der Waals surface area contributed by atoms with Gasteiger partial charge in [0.2, 0.25) is 5.91 Å². The van der Waals surface area contributed by atoms with Gasteiger partial charge in [-0.15, -0.1) is 5.10 Å². The van der Waals surface area contributed by atoms with Gasteiger partial charge in [-0.25, -0.2) is 4.52 Å². The summed E-state index contributed by atoms with van der Waals surface area (Å²) < 4.78 is 3.20. The first-order chi connectivity index (χ1) is 15.2. The highest BCUT2D eigenvalue weighted by Gasteiger charge is 2.30. The number of benzene rings is 2. The molecule has 0 spiro atoms. The quantitative estimate of drug-likeness (QED) is 0.521. The Labute approximate surface area is 187 Å². The Balaban J connectivity index is 2.08. The second-order valence-electron chi connectivity index (χ2n) is 9.26. The van der Waals surface area contributed by atoms with E-state index in [2.05, 4.69) is 15.6 Å². The number of para-hydroxylation sites is 2. The van der Waals surface area contributed by atoms with Gasteiger partial charge in [-0.05, 0) is 51.8 Å². The Morgan fingerprint density at radius 1 is 1.06 bits per heavy atom. The number of aryl methyl sites for hydroxylation is 2. The molecule has 0 fully saturated rings. The molecule has 1 atom stereocenters. The SMILES string of the molecule is CCCc1nnn2c1c(=O)n(C(C(=O)NC(C)(C)C)c1ccc(C)cc1)c1ccccc12. The number of nitrogens with zero attached hydrogens (tertiary/aromatic N) is 4. The number of aromatic nitrogens is 4. The molecule has 0 saturated carbocycles. The maximum absolute atomic E-state index is 13.9. The van der Waals surface area contributed by atoms with Crippen molar-refractivity contribution in [2.45, 2.75) is 59.0 Å². The van der Waals surface area contributed by atoms with E-state index in [-0.39, 0.29) is 11.5 Å². The lowest BCUT2D eigenvalue weighted by molar-refractivity contribution is -0.124. The third-order valence-corrected chi connectivity index (χ3v) is 5.42. The summed E-state index contributed by atoms with van der Waals surface area (Å²) in [5, 5.41) is 11.6. The van der Waals surface area contributed by atoms with Crippen molar-refractivity contribution in [3.8, 4) is 0 Å². The van der Waals surface area contributed by atoms with Crippen molar-refractivity contribution in [3.05, 3.63) is 75.7 Å². The predicted molar refractivity (Wildman–Crippen MR) is 126 cm³/mol. The highest BCUT2D eigenvalue weighted by atomic mass is 16.2. The fraction of sp³-hybridized carbons (Fsp3) is 0.360. The lowest BCUT2D eigenvalue weighted by atomic mass is 10.0. The number of fused-ring (bicyclic) bond motifs is 3. The van der Waals surface area contributed by atoms with Crippen molar-refractivity contribution in [2.24, 2.45) is 0 Å². The molecule has 0 aliphatic rings. The second-order valence-corrected chi connectivity index (χ2v) is 9.26. The van der Waals surface area contributed by atoms with Gasteiger partial charge in [-0.1, -0.05) is 60.5 Å². The summed E-state index contributed by atoms with van der Waals surface area (Å²) in [5.74, 6) is -0.234. The van der Waals surface area contributed by atoms with Crippen LogP contribution in [0.1, 0.15) is 57.0 Å². The monoisotopic (exact) mass is 431 g/mol. The Hall–Kier alpha value is -3.48. The van der Waals surface area contributed by atoms with E-state index in [1.54, 1.807) is 9.08 Å². The Morgan fingerprint density at radius 2 is 1.72 bits per heavy atom. The van der Waals surface area contributed by atoms with Gasteiger partial charge in [0, 0.05) is 5.54 Å². The van der Waals surface area contributed by atoms with Crippen LogP contribution < -0.4 is 10.9 Å². The van der Waals surface area contributed by atoms with Crippen LogP contribution in [0.5, 0.6) is 0 Å². The second kappa shape index (κ2) is 8.22. The molecule has 1 amide bonds. The number of rotatable bonds is 5. The first kappa shape index (κ1) is 21.7. The topological polar surface area (TPSA) is 81.3 Å². The van der Waals surface area contributed by atoms with Gasteiger partial charge >= 0.3 is 0 Å². The van der Waals surface area contributed by atoms with Crippen LogP contribution in [0.2, 0.25) is 0 Å². The standard InChI is InChI=1S/C25H29N5O2/c1-6-9-18-22-24(32)29(19-10-7-8-11-20(19)30(22)28-27-18)21(23(31)26-25(3,4)5)17-14-12-16(2)13-15-17/h7-8,10-15,21H,6,9H2,1-5H3,(H,26,31). The van der Waals surface area contributed by atoms with Gasteiger partial charge in [0.25, 0.3) is 5.56 Å². The highest BCUT2D eigenvalue weighted by Crippen LogP contribution is 2.25. The molecule has 4 aromatic rings. The number of hydrogen-bond acceptors (Lipinski definition) is 4. The summed E-state index contributed by atoms with van der Waals surface area (Å²) in [4.78, 5) is 27.5. The average molecular weight is 432 g/mol. The number of carbonyl (C=O) groups excluding carboxylic acids is 1. The molecule has 7 nitrogen and oxygen atoms in total. The molecule has 2 aromatic carbocycles. The average Bonchev–Trinajstić information content (AvgIpc) is 3.15. The fourth-order valence-electron chi connectivity index (χ4n) is 4.03. The summed E-state index contributed by atoms with van der Waals surface area (Å²) in [7, 11) is 0. The third-order valence-electron chi connectivity index (χ3n) is 5.42. The minimum atomic E-state index is -0.832. The highest BCUT2D eigenvalue weighted by molar-refractivity contribution is 5.88. The van der Waals surface area contributed by atoms with Crippen molar-refractivity contribution < 1.29 is 4.79 Å². The molecule has 0 bridgehead atoms. The summed E-state index contributed by atoms with van der Waals surface area (Å²) in [6, 6.07) is 14.4. The minimum Gasteiger partial charge on any atom is -0.349 e. The fourth-order valence-corrected chi connectivity index (χ4v) is 4.03. The molecule has 2 aromatic heterocycles. The van der Waals surface area contributed by atoms with Gasteiger partial charge in [0.1, 0.15) is 6.04 Å². The molecule has 1 N–H and O–H groups in total. The van der Waals surface area contributed by atoms with E-state index < -0.39 is 11.6 Å². The molecule has 0 radical (unpaired) electrons. The van der Waals surface area contributed by atoms with E-state index in [1.807, 2.05) is 83.1 Å². The first-order valence-electron chi connectivity index (χ1n) is 11.0. The van der Waals surface area contributed by atoms with Crippen LogP contribution in [0.4, 0.5) is 0 Å². The van der Waals surface area contributed by atoms with Crippen LogP contribution in [0, 0.1) is 6.92 Å². The molecular weight excluding hydrogens is 402 g/mol. The van der Waals surface area contributed by atoms with Crippen LogP contribution in [0.3, 0.4) is 0 Å². The van der Waals surface area contributed by atoms with E-state index in [0.29, 0.717) is 23.1 Å². The van der Waals surface area contributed by atoms with Crippen molar-refractivity contribution >= 4 is 22.5 Å². The Bertz CT molecular complexity index is 1340. The molecule has 166 valence electrons. The van der Waals surface area contributed by atoms with Gasteiger partial charge in [-0.3, -0.25) is 14.2 Å². The summed E-state index contributed by atoms with van der Waals surface area (Å²) in [5.41, 5.74) is 3.55. The van der Waals surface area contributed by atoms with E-state index in [4.69, 9.17) is 0 Å². The molecule has 1 unspecified atom stereocenters. The van der Waals surface area contributed by atoms with Crippen LogP contribution in [-0.2, 0) is 11.2 Å². The number of nitrogens with one attached hydrogen (secondary N) is 1. The zero-order valence-corrected chi connectivity index (χ0v) is 19.2. The molecule has 4 rings (SSSR count). The van der Waals surface area contributed by atoms with Crippen LogP contribution in [0.25, 0.3) is 16.6 Å². The van der Waals surface area contributed by atoms with Gasteiger partial charge in [-0.2, -0.15) is 0 Å². The number of amides is 1. The Morgan fingerprint density at radius 3 is 2.34 bits per heavy atom. The normalized spacial score (nSPS) is 12.9. The maximum atomic E-state index is 13.9. The zero-order chi connectivity index (χ0) is 23.0. The van der Waals surface area contributed by atoms with Crippen LogP contribution in [0.15, 0.2) is 53.3 Å². The van der Waals surface area contributed by atoms with Crippen LogP contribution in [-0.4, -0.2) is 30.8 Å². The van der Waals surface area contributed by atoms with E-state index in [0.717, 1.165) is 23.1 Å². The third kappa shape index (κ3) is 3.90. The van der Waals surface area contributed by atoms with Gasteiger partial charge in [0.05, 0.1) is 16.7 Å². The van der Waals surface area contributed by atoms with E-state index in [9.17, 15) is 9.59 Å².